The quantitative estimate of drug-likeness (QED) is 0.544. The van der Waals surface area contributed by atoms with Crippen molar-refractivity contribution in [2.24, 2.45) is 5.10 Å². The molecule has 0 bridgehead atoms. The zero-order valence-electron chi connectivity index (χ0n) is 11.8. The van der Waals surface area contributed by atoms with E-state index in [-0.39, 0.29) is 5.56 Å². The maximum atomic E-state index is 12.7. The van der Waals surface area contributed by atoms with E-state index in [1.165, 1.54) is 28.6 Å². The van der Waals surface area contributed by atoms with E-state index in [1.807, 2.05) is 23.6 Å². The zero-order valence-corrected chi connectivity index (χ0v) is 12.6. The fraction of sp³-hybridized carbons (Fsp3) is 0. The van der Waals surface area contributed by atoms with E-state index in [0.717, 1.165) is 5.56 Å². The number of thiophene rings is 1. The lowest BCUT2D eigenvalue weighted by Crippen LogP contribution is -2.16. The van der Waals surface area contributed by atoms with Crippen molar-refractivity contribution in [3.63, 3.8) is 0 Å². The minimum Gasteiger partial charge on any atom is -0.464 e. The highest BCUT2D eigenvalue weighted by molar-refractivity contribution is 7.17. The summed E-state index contributed by atoms with van der Waals surface area (Å²) in [6.07, 6.45) is 6.17. The van der Waals surface area contributed by atoms with Gasteiger partial charge in [-0.25, -0.2) is 4.98 Å². The minimum atomic E-state index is -0.241. The van der Waals surface area contributed by atoms with Gasteiger partial charge in [0.1, 0.15) is 16.9 Å². The molecule has 0 spiro atoms. The van der Waals surface area contributed by atoms with Crippen molar-refractivity contribution in [2.75, 3.05) is 0 Å². The highest BCUT2D eigenvalue weighted by Crippen LogP contribution is 2.30. The van der Waals surface area contributed by atoms with Gasteiger partial charge in [0, 0.05) is 17.1 Å². The molecule has 112 valence electrons. The molecule has 4 aromatic rings. The molecule has 0 N–H and O–H groups in total. The van der Waals surface area contributed by atoms with Gasteiger partial charge in [0.25, 0.3) is 5.56 Å². The highest BCUT2D eigenvalue weighted by Gasteiger charge is 2.14. The van der Waals surface area contributed by atoms with Gasteiger partial charge in [-0.3, -0.25) is 9.78 Å². The van der Waals surface area contributed by atoms with Gasteiger partial charge in [-0.05, 0) is 24.3 Å². The van der Waals surface area contributed by atoms with Crippen LogP contribution in [0, 0.1) is 0 Å². The van der Waals surface area contributed by atoms with Gasteiger partial charge in [0.05, 0.1) is 23.6 Å². The average molecular weight is 322 g/mol. The maximum Gasteiger partial charge on any atom is 0.283 e. The first-order valence-corrected chi connectivity index (χ1v) is 7.69. The molecule has 0 aromatic carbocycles. The van der Waals surface area contributed by atoms with E-state index in [2.05, 4.69) is 15.1 Å². The predicted molar refractivity (Wildman–Crippen MR) is 88.8 cm³/mol. The summed E-state index contributed by atoms with van der Waals surface area (Å²) in [6.45, 7) is 0. The summed E-state index contributed by atoms with van der Waals surface area (Å²) in [4.78, 5) is 21.8. The lowest BCUT2D eigenvalue weighted by molar-refractivity contribution is 0.583. The molecule has 0 saturated heterocycles. The van der Waals surface area contributed by atoms with Crippen LogP contribution < -0.4 is 5.56 Å². The number of hydrogen-bond acceptors (Lipinski definition) is 6. The van der Waals surface area contributed by atoms with Crippen LogP contribution >= 0.6 is 11.3 Å². The Morgan fingerprint density at radius 3 is 2.96 bits per heavy atom. The van der Waals surface area contributed by atoms with Crippen LogP contribution in [0.5, 0.6) is 0 Å². The monoisotopic (exact) mass is 322 g/mol. The molecule has 0 unspecified atom stereocenters. The topological polar surface area (TPSA) is 73.3 Å². The Hall–Kier alpha value is -3.06. The third-order valence-corrected chi connectivity index (χ3v) is 4.15. The second kappa shape index (κ2) is 5.62. The number of rotatable bonds is 3. The molecule has 0 aliphatic rings. The third kappa shape index (κ3) is 2.47. The van der Waals surface area contributed by atoms with Gasteiger partial charge in [0.2, 0.25) is 0 Å². The molecule has 0 aliphatic carbocycles. The van der Waals surface area contributed by atoms with Crippen LogP contribution in [0.1, 0.15) is 5.69 Å². The second-order valence-electron chi connectivity index (χ2n) is 4.70. The Bertz CT molecular complexity index is 1030. The van der Waals surface area contributed by atoms with Gasteiger partial charge in [0.15, 0.2) is 0 Å². The van der Waals surface area contributed by atoms with E-state index in [9.17, 15) is 4.79 Å². The van der Waals surface area contributed by atoms with Crippen LogP contribution in [0.2, 0.25) is 0 Å². The summed E-state index contributed by atoms with van der Waals surface area (Å²) >= 11 is 1.40. The van der Waals surface area contributed by atoms with Crippen LogP contribution in [-0.2, 0) is 0 Å². The van der Waals surface area contributed by atoms with Gasteiger partial charge in [-0.2, -0.15) is 9.78 Å². The highest BCUT2D eigenvalue weighted by atomic mass is 32.1. The number of furan rings is 1. The third-order valence-electron chi connectivity index (χ3n) is 3.27. The van der Waals surface area contributed by atoms with E-state index in [1.54, 1.807) is 24.6 Å². The molecule has 4 rings (SSSR count). The molecule has 4 heterocycles. The molecular formula is C16H10N4O2S. The fourth-order valence-electron chi connectivity index (χ4n) is 2.19. The standard InChI is InChI=1S/C16H10N4O2S/c21-16-14-12(13-5-3-7-22-13)9-23-15(14)18-10-20(16)19-8-11-4-1-2-6-17-11/h1-10H/b19-8-. The molecule has 0 fully saturated rings. The number of nitrogens with zero attached hydrogens (tertiary/aromatic N) is 4. The number of hydrogen-bond donors (Lipinski definition) is 0. The van der Waals surface area contributed by atoms with Crippen molar-refractivity contribution in [2.45, 2.75) is 0 Å². The Morgan fingerprint density at radius 1 is 1.22 bits per heavy atom. The first kappa shape index (κ1) is 13.6. The van der Waals surface area contributed by atoms with Crippen molar-refractivity contribution in [3.05, 3.63) is 70.5 Å². The summed E-state index contributed by atoms with van der Waals surface area (Å²) in [5.41, 5.74) is 1.15. The lowest BCUT2D eigenvalue weighted by Gasteiger charge is -1.99. The Kier molecular flexibility index (Phi) is 3.32. The molecule has 0 atom stereocenters. The predicted octanol–water partition coefficient (Wildman–Crippen LogP) is 3.00. The molecule has 0 amide bonds. The number of pyridine rings is 1. The smallest absolute Gasteiger partial charge is 0.283 e. The van der Waals surface area contributed by atoms with Gasteiger partial charge >= 0.3 is 0 Å². The molecule has 0 radical (unpaired) electrons. The first-order chi connectivity index (χ1) is 11.3. The average Bonchev–Trinajstić information content (AvgIpc) is 3.24. The van der Waals surface area contributed by atoms with Crippen molar-refractivity contribution < 1.29 is 4.42 Å². The normalized spacial score (nSPS) is 11.5. The molecule has 0 aliphatic heterocycles. The van der Waals surface area contributed by atoms with Crippen molar-refractivity contribution >= 4 is 27.8 Å². The summed E-state index contributed by atoms with van der Waals surface area (Å²) < 4.78 is 6.60. The summed E-state index contributed by atoms with van der Waals surface area (Å²) in [5, 5.41) is 6.53. The Balaban J connectivity index is 1.83. The van der Waals surface area contributed by atoms with Gasteiger partial charge in [-0.15, -0.1) is 11.3 Å². The Morgan fingerprint density at radius 2 is 2.17 bits per heavy atom. The molecular weight excluding hydrogens is 312 g/mol. The van der Waals surface area contributed by atoms with E-state index in [4.69, 9.17) is 4.42 Å². The minimum absolute atomic E-state index is 0.241. The summed E-state index contributed by atoms with van der Waals surface area (Å²) in [5.74, 6) is 0.640. The largest absolute Gasteiger partial charge is 0.464 e. The van der Waals surface area contributed by atoms with Crippen LogP contribution in [0.3, 0.4) is 0 Å². The van der Waals surface area contributed by atoms with Crippen LogP contribution in [0.4, 0.5) is 0 Å². The van der Waals surface area contributed by atoms with Crippen LogP contribution in [-0.4, -0.2) is 20.9 Å². The van der Waals surface area contributed by atoms with Crippen LogP contribution in [0.25, 0.3) is 21.5 Å². The van der Waals surface area contributed by atoms with Crippen molar-refractivity contribution in [3.8, 4) is 11.3 Å². The summed E-state index contributed by atoms with van der Waals surface area (Å²) in [6, 6.07) is 9.08. The second-order valence-corrected chi connectivity index (χ2v) is 5.56. The molecule has 4 aromatic heterocycles. The van der Waals surface area contributed by atoms with Crippen molar-refractivity contribution in [1.82, 2.24) is 14.6 Å². The van der Waals surface area contributed by atoms with Gasteiger partial charge < -0.3 is 4.42 Å². The van der Waals surface area contributed by atoms with E-state index < -0.39 is 0 Å². The van der Waals surface area contributed by atoms with Crippen LogP contribution in [0.15, 0.2) is 68.8 Å². The summed E-state index contributed by atoms with van der Waals surface area (Å²) in [7, 11) is 0. The van der Waals surface area contributed by atoms with E-state index >= 15 is 0 Å². The van der Waals surface area contributed by atoms with Crippen molar-refractivity contribution in [1.29, 1.82) is 0 Å². The zero-order chi connectivity index (χ0) is 15.6. The molecule has 0 saturated carbocycles. The Labute approximate surface area is 134 Å². The maximum absolute atomic E-state index is 12.7. The SMILES string of the molecule is O=c1c2c(-c3ccco3)csc2ncn1/N=C\c1ccccn1. The number of fused-ring (bicyclic) bond motifs is 1. The molecule has 6 nitrogen and oxygen atoms in total. The first-order valence-electron chi connectivity index (χ1n) is 6.81. The number of aromatic nitrogens is 3. The molecule has 7 heteroatoms. The van der Waals surface area contributed by atoms with E-state index in [0.29, 0.717) is 21.7 Å². The fourth-order valence-corrected chi connectivity index (χ4v) is 3.08. The lowest BCUT2D eigenvalue weighted by atomic mass is 10.2. The van der Waals surface area contributed by atoms with Gasteiger partial charge in [-0.1, -0.05) is 6.07 Å². The molecule has 23 heavy (non-hydrogen) atoms.